The SMILES string of the molecule is COc1ccc(NC(=O)c2ccc(CNC(=O)CCc3ccccc3)cc2)cc1. The molecule has 0 aromatic heterocycles. The first-order valence-corrected chi connectivity index (χ1v) is 9.49. The molecule has 3 rings (SSSR count). The van der Waals surface area contributed by atoms with Gasteiger partial charge < -0.3 is 15.4 Å². The van der Waals surface area contributed by atoms with E-state index in [4.69, 9.17) is 4.74 Å². The predicted molar refractivity (Wildman–Crippen MR) is 114 cm³/mol. The lowest BCUT2D eigenvalue weighted by atomic mass is 10.1. The van der Waals surface area contributed by atoms with Crippen LogP contribution in [-0.4, -0.2) is 18.9 Å². The molecule has 0 saturated carbocycles. The van der Waals surface area contributed by atoms with Crippen molar-refractivity contribution in [3.05, 3.63) is 95.6 Å². The molecular weight excluding hydrogens is 364 g/mol. The van der Waals surface area contributed by atoms with Crippen LogP contribution in [0.25, 0.3) is 0 Å². The second-order valence-corrected chi connectivity index (χ2v) is 6.64. The number of ether oxygens (including phenoxy) is 1. The highest BCUT2D eigenvalue weighted by Crippen LogP contribution is 2.16. The van der Waals surface area contributed by atoms with Crippen LogP contribution in [0.3, 0.4) is 0 Å². The molecule has 0 radical (unpaired) electrons. The molecule has 2 amide bonds. The van der Waals surface area contributed by atoms with E-state index in [1.165, 1.54) is 0 Å². The fraction of sp³-hybridized carbons (Fsp3) is 0.167. The Morgan fingerprint density at radius 3 is 2.17 bits per heavy atom. The summed E-state index contributed by atoms with van der Waals surface area (Å²) < 4.78 is 5.11. The molecule has 0 atom stereocenters. The summed E-state index contributed by atoms with van der Waals surface area (Å²) in [6, 6.07) is 24.3. The second-order valence-electron chi connectivity index (χ2n) is 6.64. The maximum atomic E-state index is 12.4. The minimum Gasteiger partial charge on any atom is -0.497 e. The van der Waals surface area contributed by atoms with Crippen LogP contribution >= 0.6 is 0 Å². The molecule has 5 heteroatoms. The normalized spacial score (nSPS) is 10.2. The molecule has 2 N–H and O–H groups in total. The van der Waals surface area contributed by atoms with Crippen LogP contribution in [0, 0.1) is 0 Å². The molecule has 0 fully saturated rings. The molecule has 0 aliphatic heterocycles. The highest BCUT2D eigenvalue weighted by Gasteiger charge is 2.07. The van der Waals surface area contributed by atoms with Gasteiger partial charge in [-0.05, 0) is 53.9 Å². The number of benzene rings is 3. The van der Waals surface area contributed by atoms with Gasteiger partial charge in [0.2, 0.25) is 5.91 Å². The van der Waals surface area contributed by atoms with Crippen LogP contribution in [0.2, 0.25) is 0 Å². The molecule has 0 aliphatic carbocycles. The summed E-state index contributed by atoms with van der Waals surface area (Å²) in [6.45, 7) is 0.438. The number of amides is 2. The first kappa shape index (κ1) is 20.1. The van der Waals surface area contributed by atoms with Crippen molar-refractivity contribution in [1.82, 2.24) is 5.32 Å². The lowest BCUT2D eigenvalue weighted by molar-refractivity contribution is -0.121. The molecule has 0 saturated heterocycles. The van der Waals surface area contributed by atoms with Gasteiger partial charge in [0.05, 0.1) is 7.11 Å². The quantitative estimate of drug-likeness (QED) is 0.608. The summed E-state index contributed by atoms with van der Waals surface area (Å²) in [5.74, 6) is 0.557. The third-order valence-corrected chi connectivity index (χ3v) is 4.54. The Balaban J connectivity index is 1.46. The third-order valence-electron chi connectivity index (χ3n) is 4.54. The summed E-state index contributed by atoms with van der Waals surface area (Å²) in [7, 11) is 1.60. The first-order valence-electron chi connectivity index (χ1n) is 9.49. The Labute approximate surface area is 170 Å². The van der Waals surface area contributed by atoms with Crippen LogP contribution in [0.4, 0.5) is 5.69 Å². The number of carbonyl (C=O) groups excluding carboxylic acids is 2. The van der Waals surface area contributed by atoms with Gasteiger partial charge in [0.1, 0.15) is 5.75 Å². The average molecular weight is 388 g/mol. The van der Waals surface area contributed by atoms with E-state index in [1.807, 2.05) is 42.5 Å². The van der Waals surface area contributed by atoms with Gasteiger partial charge in [0.25, 0.3) is 5.91 Å². The van der Waals surface area contributed by atoms with Gasteiger partial charge in [-0.25, -0.2) is 0 Å². The Kier molecular flexibility index (Phi) is 7.00. The zero-order valence-electron chi connectivity index (χ0n) is 16.4. The van der Waals surface area contributed by atoms with E-state index in [0.29, 0.717) is 24.2 Å². The van der Waals surface area contributed by atoms with Crippen molar-refractivity contribution >= 4 is 17.5 Å². The number of anilines is 1. The van der Waals surface area contributed by atoms with Gasteiger partial charge in [-0.2, -0.15) is 0 Å². The minimum absolute atomic E-state index is 0.00942. The lowest BCUT2D eigenvalue weighted by Crippen LogP contribution is -2.23. The van der Waals surface area contributed by atoms with Gasteiger partial charge >= 0.3 is 0 Å². The summed E-state index contributed by atoms with van der Waals surface area (Å²) in [5, 5.41) is 5.76. The molecule has 0 aliphatic rings. The Morgan fingerprint density at radius 1 is 0.828 bits per heavy atom. The van der Waals surface area contributed by atoms with Crippen LogP contribution < -0.4 is 15.4 Å². The van der Waals surface area contributed by atoms with Gasteiger partial charge in [0, 0.05) is 24.2 Å². The van der Waals surface area contributed by atoms with E-state index in [2.05, 4.69) is 10.6 Å². The van der Waals surface area contributed by atoms with Gasteiger partial charge in [-0.15, -0.1) is 0 Å². The third kappa shape index (κ3) is 6.21. The van der Waals surface area contributed by atoms with Crippen molar-refractivity contribution < 1.29 is 14.3 Å². The maximum absolute atomic E-state index is 12.4. The summed E-state index contributed by atoms with van der Waals surface area (Å²) in [4.78, 5) is 24.4. The molecule has 148 valence electrons. The molecule has 0 unspecified atom stereocenters. The predicted octanol–water partition coefficient (Wildman–Crippen LogP) is 4.20. The molecule has 0 bridgehead atoms. The van der Waals surface area contributed by atoms with Crippen molar-refractivity contribution in [2.45, 2.75) is 19.4 Å². The van der Waals surface area contributed by atoms with Crippen LogP contribution in [0.5, 0.6) is 5.75 Å². The smallest absolute Gasteiger partial charge is 0.255 e. The van der Waals surface area contributed by atoms with E-state index >= 15 is 0 Å². The van der Waals surface area contributed by atoms with E-state index in [-0.39, 0.29) is 11.8 Å². The van der Waals surface area contributed by atoms with Crippen molar-refractivity contribution in [3.63, 3.8) is 0 Å². The van der Waals surface area contributed by atoms with Crippen molar-refractivity contribution in [1.29, 1.82) is 0 Å². The number of methoxy groups -OCH3 is 1. The Hall–Kier alpha value is -3.60. The summed E-state index contributed by atoms with van der Waals surface area (Å²) in [6.07, 6.45) is 1.17. The largest absolute Gasteiger partial charge is 0.497 e. The van der Waals surface area contributed by atoms with Crippen LogP contribution in [0.1, 0.15) is 27.9 Å². The number of nitrogens with one attached hydrogen (secondary N) is 2. The molecule has 0 heterocycles. The summed E-state index contributed by atoms with van der Waals surface area (Å²) >= 11 is 0. The topological polar surface area (TPSA) is 67.4 Å². The Bertz CT molecular complexity index is 936. The number of carbonyl (C=O) groups is 2. The van der Waals surface area contributed by atoms with Gasteiger partial charge in [-0.1, -0.05) is 42.5 Å². The average Bonchev–Trinajstić information content (AvgIpc) is 2.78. The van der Waals surface area contributed by atoms with Gasteiger partial charge in [0.15, 0.2) is 0 Å². The zero-order chi connectivity index (χ0) is 20.5. The highest BCUT2D eigenvalue weighted by atomic mass is 16.5. The number of hydrogen-bond acceptors (Lipinski definition) is 3. The fourth-order valence-corrected chi connectivity index (χ4v) is 2.84. The second kappa shape index (κ2) is 10.1. The Morgan fingerprint density at radius 2 is 1.52 bits per heavy atom. The number of aryl methyl sites for hydroxylation is 1. The monoisotopic (exact) mass is 388 g/mol. The van der Waals surface area contributed by atoms with Gasteiger partial charge in [-0.3, -0.25) is 9.59 Å². The minimum atomic E-state index is -0.186. The lowest BCUT2D eigenvalue weighted by Gasteiger charge is -2.08. The van der Waals surface area contributed by atoms with Crippen LogP contribution in [0.15, 0.2) is 78.9 Å². The van der Waals surface area contributed by atoms with E-state index in [0.717, 1.165) is 23.3 Å². The maximum Gasteiger partial charge on any atom is 0.255 e. The van der Waals surface area contributed by atoms with E-state index in [9.17, 15) is 9.59 Å². The molecular formula is C24H24N2O3. The fourth-order valence-electron chi connectivity index (χ4n) is 2.84. The number of rotatable bonds is 8. The zero-order valence-corrected chi connectivity index (χ0v) is 16.4. The molecule has 0 spiro atoms. The number of hydrogen-bond donors (Lipinski definition) is 2. The molecule has 5 nitrogen and oxygen atoms in total. The first-order chi connectivity index (χ1) is 14.1. The van der Waals surface area contributed by atoms with Crippen molar-refractivity contribution in [2.75, 3.05) is 12.4 Å². The molecule has 3 aromatic carbocycles. The van der Waals surface area contributed by atoms with E-state index < -0.39 is 0 Å². The van der Waals surface area contributed by atoms with Crippen LogP contribution in [-0.2, 0) is 17.8 Å². The molecule has 3 aromatic rings. The standard InChI is InChI=1S/C24H24N2O3/c1-29-22-14-12-21(13-15-22)26-24(28)20-10-7-19(8-11-20)17-25-23(27)16-9-18-5-3-2-4-6-18/h2-8,10-15H,9,16-17H2,1H3,(H,25,27)(H,26,28). The van der Waals surface area contributed by atoms with Crippen molar-refractivity contribution in [2.24, 2.45) is 0 Å². The van der Waals surface area contributed by atoms with Crippen molar-refractivity contribution in [3.8, 4) is 5.75 Å². The summed E-state index contributed by atoms with van der Waals surface area (Å²) in [5.41, 5.74) is 3.35. The van der Waals surface area contributed by atoms with E-state index in [1.54, 1.807) is 43.5 Å². The highest BCUT2D eigenvalue weighted by molar-refractivity contribution is 6.04. The molecule has 29 heavy (non-hydrogen) atoms.